The summed E-state index contributed by atoms with van der Waals surface area (Å²) in [5.41, 5.74) is 7.22. The van der Waals surface area contributed by atoms with E-state index in [0.717, 1.165) is 22.6 Å². The molecule has 0 radical (unpaired) electrons. The summed E-state index contributed by atoms with van der Waals surface area (Å²) in [6.07, 6.45) is 0. The Morgan fingerprint density at radius 3 is 2.68 bits per heavy atom. The Morgan fingerprint density at radius 2 is 1.95 bits per heavy atom. The van der Waals surface area contributed by atoms with Crippen molar-refractivity contribution in [3.05, 3.63) is 65.2 Å². The first kappa shape index (κ1) is 14.0. The highest BCUT2D eigenvalue weighted by Gasteiger charge is 2.06. The van der Waals surface area contributed by atoms with E-state index >= 15 is 0 Å². The molecule has 2 N–H and O–H groups in total. The van der Waals surface area contributed by atoms with Crippen LogP contribution in [0.3, 0.4) is 0 Å². The summed E-state index contributed by atoms with van der Waals surface area (Å²) < 4.78 is 26.5. The predicted molar refractivity (Wildman–Crippen MR) is 75.0 cm³/mol. The van der Waals surface area contributed by atoms with Crippen molar-refractivity contribution in [1.29, 1.82) is 0 Å². The Balaban J connectivity index is 2.10. The summed E-state index contributed by atoms with van der Waals surface area (Å²) in [6, 6.07) is 11.3. The third kappa shape index (κ3) is 3.78. The van der Waals surface area contributed by atoms with Crippen molar-refractivity contribution < 1.29 is 8.78 Å². The van der Waals surface area contributed by atoms with Gasteiger partial charge in [-0.05, 0) is 42.8 Å². The lowest BCUT2D eigenvalue weighted by atomic mass is 10.1. The van der Waals surface area contributed by atoms with Crippen LogP contribution in [-0.4, -0.2) is 0 Å². The first-order valence-electron chi connectivity index (χ1n) is 5.98. The van der Waals surface area contributed by atoms with Gasteiger partial charge in [0.1, 0.15) is 11.6 Å². The van der Waals surface area contributed by atoms with Crippen molar-refractivity contribution in [2.24, 2.45) is 5.73 Å². The molecule has 2 aromatic carbocycles. The minimum absolute atomic E-state index is 0.0357. The number of hydrogen-bond donors (Lipinski definition) is 1. The summed E-state index contributed by atoms with van der Waals surface area (Å²) in [6.45, 7) is 1.91. The van der Waals surface area contributed by atoms with Crippen LogP contribution in [-0.2, 0) is 5.75 Å². The minimum Gasteiger partial charge on any atom is -0.324 e. The van der Waals surface area contributed by atoms with Crippen molar-refractivity contribution in [2.75, 3.05) is 0 Å². The summed E-state index contributed by atoms with van der Waals surface area (Å²) in [7, 11) is 0. The molecule has 0 aliphatic rings. The van der Waals surface area contributed by atoms with Gasteiger partial charge in [0.25, 0.3) is 0 Å². The number of benzene rings is 2. The number of hydrogen-bond acceptors (Lipinski definition) is 2. The van der Waals surface area contributed by atoms with Gasteiger partial charge in [-0.2, -0.15) is 0 Å². The maximum absolute atomic E-state index is 13.5. The van der Waals surface area contributed by atoms with Gasteiger partial charge in [-0.15, -0.1) is 11.8 Å². The molecule has 2 rings (SSSR count). The molecule has 0 heterocycles. The Bertz CT molecular complexity index is 570. The normalized spacial score (nSPS) is 12.4. The molecule has 2 aromatic rings. The van der Waals surface area contributed by atoms with Gasteiger partial charge in [0.15, 0.2) is 0 Å². The molecule has 0 amide bonds. The largest absolute Gasteiger partial charge is 0.324 e. The smallest absolute Gasteiger partial charge is 0.127 e. The van der Waals surface area contributed by atoms with Gasteiger partial charge in [0, 0.05) is 22.3 Å². The Labute approximate surface area is 115 Å². The molecular formula is C15H15F2NS. The second-order valence-corrected chi connectivity index (χ2v) is 5.43. The summed E-state index contributed by atoms with van der Waals surface area (Å²) in [4.78, 5) is 0.999. The summed E-state index contributed by atoms with van der Waals surface area (Å²) in [5, 5.41) is 0. The van der Waals surface area contributed by atoms with Gasteiger partial charge in [-0.3, -0.25) is 0 Å². The quantitative estimate of drug-likeness (QED) is 0.845. The molecule has 0 aliphatic carbocycles. The van der Waals surface area contributed by atoms with Crippen molar-refractivity contribution in [1.82, 2.24) is 0 Å². The lowest BCUT2D eigenvalue weighted by molar-refractivity contribution is 0.591. The third-order valence-electron chi connectivity index (χ3n) is 2.79. The third-order valence-corrected chi connectivity index (χ3v) is 3.83. The van der Waals surface area contributed by atoms with Gasteiger partial charge in [-0.25, -0.2) is 8.78 Å². The van der Waals surface area contributed by atoms with Gasteiger partial charge in [0.05, 0.1) is 0 Å². The number of halogens is 2. The zero-order valence-electron chi connectivity index (χ0n) is 10.6. The molecule has 19 heavy (non-hydrogen) atoms. The van der Waals surface area contributed by atoms with Crippen LogP contribution in [0.2, 0.25) is 0 Å². The first-order chi connectivity index (χ1) is 9.06. The Morgan fingerprint density at radius 1 is 1.16 bits per heavy atom. The van der Waals surface area contributed by atoms with Crippen LogP contribution in [0.1, 0.15) is 24.1 Å². The van der Waals surface area contributed by atoms with Crippen molar-refractivity contribution in [2.45, 2.75) is 23.6 Å². The number of rotatable bonds is 4. The number of thioether (sulfide) groups is 1. The average molecular weight is 279 g/mol. The van der Waals surface area contributed by atoms with Crippen LogP contribution in [0.4, 0.5) is 8.78 Å². The van der Waals surface area contributed by atoms with Gasteiger partial charge in [-0.1, -0.05) is 12.1 Å². The molecule has 0 bridgehead atoms. The predicted octanol–water partition coefficient (Wildman–Crippen LogP) is 4.28. The van der Waals surface area contributed by atoms with Gasteiger partial charge >= 0.3 is 0 Å². The zero-order chi connectivity index (χ0) is 13.8. The Hall–Kier alpha value is -1.39. The minimum atomic E-state index is -0.415. The van der Waals surface area contributed by atoms with E-state index in [0.29, 0.717) is 11.3 Å². The molecular weight excluding hydrogens is 264 g/mol. The average Bonchev–Trinajstić information content (AvgIpc) is 2.40. The lowest BCUT2D eigenvalue weighted by Gasteiger charge is -2.08. The maximum Gasteiger partial charge on any atom is 0.127 e. The van der Waals surface area contributed by atoms with E-state index < -0.39 is 5.82 Å². The highest BCUT2D eigenvalue weighted by molar-refractivity contribution is 7.98. The molecule has 1 unspecified atom stereocenters. The van der Waals surface area contributed by atoms with E-state index in [9.17, 15) is 8.78 Å². The molecule has 0 fully saturated rings. The zero-order valence-corrected chi connectivity index (χ0v) is 11.4. The monoisotopic (exact) mass is 279 g/mol. The topological polar surface area (TPSA) is 26.0 Å². The molecule has 0 saturated heterocycles. The summed E-state index contributed by atoms with van der Waals surface area (Å²) in [5.74, 6) is -0.398. The lowest BCUT2D eigenvalue weighted by Crippen LogP contribution is -2.04. The van der Waals surface area contributed by atoms with E-state index in [2.05, 4.69) is 0 Å². The van der Waals surface area contributed by atoms with Crippen molar-refractivity contribution in [3.63, 3.8) is 0 Å². The van der Waals surface area contributed by atoms with E-state index in [1.165, 1.54) is 17.8 Å². The molecule has 100 valence electrons. The van der Waals surface area contributed by atoms with Crippen LogP contribution in [0.5, 0.6) is 0 Å². The maximum atomic E-state index is 13.5. The van der Waals surface area contributed by atoms with E-state index in [4.69, 9.17) is 5.73 Å². The number of nitrogens with two attached hydrogens (primary N) is 1. The fraction of sp³-hybridized carbons (Fsp3) is 0.200. The highest BCUT2D eigenvalue weighted by atomic mass is 32.2. The van der Waals surface area contributed by atoms with E-state index in [1.54, 1.807) is 0 Å². The van der Waals surface area contributed by atoms with Crippen LogP contribution >= 0.6 is 11.8 Å². The van der Waals surface area contributed by atoms with Gasteiger partial charge < -0.3 is 5.73 Å². The second-order valence-electron chi connectivity index (χ2n) is 4.39. The van der Waals surface area contributed by atoms with Crippen molar-refractivity contribution >= 4 is 11.8 Å². The first-order valence-corrected chi connectivity index (χ1v) is 6.97. The molecule has 1 atom stereocenters. The van der Waals surface area contributed by atoms with Crippen molar-refractivity contribution in [3.8, 4) is 0 Å². The highest BCUT2D eigenvalue weighted by Crippen LogP contribution is 2.26. The van der Waals surface area contributed by atoms with E-state index in [1.807, 2.05) is 31.2 Å². The molecule has 1 nitrogen and oxygen atoms in total. The molecule has 0 aliphatic heterocycles. The fourth-order valence-corrected chi connectivity index (χ4v) is 2.64. The van der Waals surface area contributed by atoms with E-state index in [-0.39, 0.29) is 11.9 Å². The molecule has 0 saturated carbocycles. The van der Waals surface area contributed by atoms with Crippen LogP contribution in [0.15, 0.2) is 47.4 Å². The fourth-order valence-electron chi connectivity index (χ4n) is 1.70. The summed E-state index contributed by atoms with van der Waals surface area (Å²) >= 11 is 1.47. The van der Waals surface area contributed by atoms with Crippen LogP contribution in [0, 0.1) is 11.6 Å². The van der Waals surface area contributed by atoms with Crippen LogP contribution in [0.25, 0.3) is 0 Å². The molecule has 0 spiro atoms. The standard InChI is InChI=1S/C15H15F2NS/c1-10(18)11-3-2-4-14(8-11)19-9-12-7-13(16)5-6-15(12)17/h2-8,10H,9,18H2,1H3. The second kappa shape index (κ2) is 6.17. The van der Waals surface area contributed by atoms with Crippen LogP contribution < -0.4 is 5.73 Å². The SMILES string of the molecule is CC(N)c1cccc(SCc2cc(F)ccc2F)c1. The Kier molecular flexibility index (Phi) is 4.56. The molecule has 0 aromatic heterocycles. The van der Waals surface area contributed by atoms with Gasteiger partial charge in [0.2, 0.25) is 0 Å². The molecule has 4 heteroatoms.